The van der Waals surface area contributed by atoms with Crippen LogP contribution in [0.3, 0.4) is 0 Å². The molecule has 0 unspecified atom stereocenters. The molecule has 5 nitrogen and oxygen atoms in total. The molecule has 1 aromatic heterocycles. The van der Waals surface area contributed by atoms with Crippen LogP contribution in [0.25, 0.3) is 0 Å². The Kier molecular flexibility index (Phi) is 4.41. The minimum absolute atomic E-state index is 0.212. The van der Waals surface area contributed by atoms with Crippen molar-refractivity contribution < 1.29 is 4.74 Å². The van der Waals surface area contributed by atoms with Crippen molar-refractivity contribution in [2.75, 3.05) is 12.3 Å². The summed E-state index contributed by atoms with van der Waals surface area (Å²) in [6, 6.07) is 1.95. The van der Waals surface area contributed by atoms with E-state index in [2.05, 4.69) is 9.97 Å². The number of nitrogens with zero attached hydrogens (tertiary/aromatic N) is 3. The average Bonchev–Trinajstić information content (AvgIpc) is 2.36. The van der Waals surface area contributed by atoms with Crippen LogP contribution in [0.4, 0.5) is 5.82 Å². The predicted molar refractivity (Wildman–Crippen MR) is 65.0 cm³/mol. The predicted octanol–water partition coefficient (Wildman–Crippen LogP) is 1.98. The summed E-state index contributed by atoms with van der Waals surface area (Å²) >= 11 is 0. The molecule has 0 fully saturated rings. The molecule has 2 N–H and O–H groups in total. The number of rotatable bonds is 5. The van der Waals surface area contributed by atoms with Crippen LogP contribution >= 0.6 is 0 Å². The van der Waals surface area contributed by atoms with Crippen molar-refractivity contribution in [1.82, 2.24) is 9.97 Å². The highest BCUT2D eigenvalue weighted by molar-refractivity contribution is 5.46. The van der Waals surface area contributed by atoms with E-state index in [9.17, 15) is 0 Å². The smallest absolute Gasteiger partial charge is 0.162 e. The molecule has 1 rings (SSSR count). The number of hydrogen-bond acceptors (Lipinski definition) is 5. The second-order valence-corrected chi connectivity index (χ2v) is 3.74. The quantitative estimate of drug-likeness (QED) is 0.842. The lowest BCUT2D eigenvalue weighted by atomic mass is 9.95. The normalized spacial score (nSPS) is 11.2. The maximum atomic E-state index is 8.79. The van der Waals surface area contributed by atoms with Crippen molar-refractivity contribution in [3.05, 3.63) is 17.6 Å². The molecule has 0 amide bonds. The van der Waals surface area contributed by atoms with Gasteiger partial charge in [-0.2, -0.15) is 5.26 Å². The van der Waals surface area contributed by atoms with Gasteiger partial charge in [-0.05, 0) is 19.8 Å². The van der Waals surface area contributed by atoms with Crippen molar-refractivity contribution in [3.63, 3.8) is 0 Å². The Balaban J connectivity index is 3.20. The van der Waals surface area contributed by atoms with Crippen molar-refractivity contribution in [2.45, 2.75) is 39.2 Å². The number of anilines is 1. The molecule has 5 heteroatoms. The van der Waals surface area contributed by atoms with Crippen LogP contribution in [0.2, 0.25) is 0 Å². The summed E-state index contributed by atoms with van der Waals surface area (Å²) in [5.41, 5.74) is 5.50. The third kappa shape index (κ3) is 2.53. The van der Waals surface area contributed by atoms with Gasteiger partial charge in [0.2, 0.25) is 0 Å². The van der Waals surface area contributed by atoms with E-state index < -0.39 is 5.60 Å². The fourth-order valence-corrected chi connectivity index (χ4v) is 1.81. The summed E-state index contributed by atoms with van der Waals surface area (Å²) in [6.07, 6.45) is 2.99. The Labute approximate surface area is 102 Å². The fourth-order valence-electron chi connectivity index (χ4n) is 1.81. The van der Waals surface area contributed by atoms with Gasteiger partial charge in [0, 0.05) is 6.61 Å². The van der Waals surface area contributed by atoms with E-state index in [1.807, 2.05) is 26.8 Å². The van der Waals surface area contributed by atoms with E-state index in [0.717, 1.165) is 12.8 Å². The first-order valence-electron chi connectivity index (χ1n) is 5.80. The molecule has 1 aromatic rings. The summed E-state index contributed by atoms with van der Waals surface area (Å²) in [4.78, 5) is 8.40. The number of nitriles is 1. The van der Waals surface area contributed by atoms with Crippen molar-refractivity contribution in [3.8, 4) is 6.07 Å². The Hall–Kier alpha value is -1.67. The van der Waals surface area contributed by atoms with Gasteiger partial charge in [0.05, 0.1) is 6.20 Å². The molecule has 0 aliphatic heterocycles. The van der Waals surface area contributed by atoms with Crippen molar-refractivity contribution in [2.24, 2.45) is 0 Å². The van der Waals surface area contributed by atoms with Gasteiger partial charge in [-0.25, -0.2) is 9.97 Å². The zero-order valence-corrected chi connectivity index (χ0v) is 10.5. The molecule has 0 radical (unpaired) electrons. The molecule has 0 aliphatic rings. The SMILES string of the molecule is CCOC(CC)(CC)c1ncc(C#N)c(N)n1. The zero-order valence-electron chi connectivity index (χ0n) is 10.5. The van der Waals surface area contributed by atoms with Gasteiger partial charge < -0.3 is 10.5 Å². The first kappa shape index (κ1) is 13.4. The van der Waals surface area contributed by atoms with Crippen LogP contribution in [0.15, 0.2) is 6.20 Å². The molecule has 0 atom stereocenters. The Morgan fingerprint density at radius 1 is 1.41 bits per heavy atom. The van der Waals surface area contributed by atoms with E-state index in [0.29, 0.717) is 18.0 Å². The maximum absolute atomic E-state index is 8.79. The Morgan fingerprint density at radius 3 is 2.47 bits per heavy atom. The summed E-state index contributed by atoms with van der Waals surface area (Å²) < 4.78 is 5.78. The van der Waals surface area contributed by atoms with Crippen molar-refractivity contribution in [1.29, 1.82) is 5.26 Å². The number of nitrogen functional groups attached to an aromatic ring is 1. The van der Waals surface area contributed by atoms with Gasteiger partial charge in [0.25, 0.3) is 0 Å². The minimum Gasteiger partial charge on any atom is -0.382 e. The first-order chi connectivity index (χ1) is 8.13. The van der Waals surface area contributed by atoms with E-state index >= 15 is 0 Å². The Morgan fingerprint density at radius 2 is 2.06 bits per heavy atom. The number of nitrogens with two attached hydrogens (primary N) is 1. The summed E-state index contributed by atoms with van der Waals surface area (Å²) in [6.45, 7) is 6.58. The van der Waals surface area contributed by atoms with Crippen LogP contribution in [0.5, 0.6) is 0 Å². The maximum Gasteiger partial charge on any atom is 0.162 e. The standard InChI is InChI=1S/C12H18N4O/c1-4-12(5-2,17-6-3)11-15-8-9(7-13)10(14)16-11/h8H,4-6H2,1-3H3,(H2,14,15,16). The van der Waals surface area contributed by atoms with Crippen LogP contribution in [-0.4, -0.2) is 16.6 Å². The lowest BCUT2D eigenvalue weighted by Crippen LogP contribution is -2.31. The van der Waals surface area contributed by atoms with Crippen LogP contribution in [0.1, 0.15) is 45.0 Å². The molecular formula is C12H18N4O. The lowest BCUT2D eigenvalue weighted by Gasteiger charge is -2.29. The molecule has 0 bridgehead atoms. The molecule has 1 heterocycles. The highest BCUT2D eigenvalue weighted by Crippen LogP contribution is 2.31. The topological polar surface area (TPSA) is 84.8 Å². The molecule has 0 saturated carbocycles. The van der Waals surface area contributed by atoms with E-state index in [4.69, 9.17) is 15.7 Å². The van der Waals surface area contributed by atoms with Crippen LogP contribution < -0.4 is 5.73 Å². The largest absolute Gasteiger partial charge is 0.382 e. The van der Waals surface area contributed by atoms with Gasteiger partial charge in [-0.15, -0.1) is 0 Å². The molecule has 0 aromatic carbocycles. The third-order valence-corrected chi connectivity index (χ3v) is 2.91. The second-order valence-electron chi connectivity index (χ2n) is 3.74. The molecule has 92 valence electrons. The molecular weight excluding hydrogens is 216 g/mol. The monoisotopic (exact) mass is 234 g/mol. The molecule has 17 heavy (non-hydrogen) atoms. The van der Waals surface area contributed by atoms with Crippen LogP contribution in [-0.2, 0) is 10.3 Å². The third-order valence-electron chi connectivity index (χ3n) is 2.91. The van der Waals surface area contributed by atoms with Gasteiger partial charge >= 0.3 is 0 Å². The van der Waals surface area contributed by atoms with Gasteiger partial charge in [-0.1, -0.05) is 13.8 Å². The number of ether oxygens (including phenoxy) is 1. The van der Waals surface area contributed by atoms with E-state index in [-0.39, 0.29) is 5.82 Å². The zero-order chi connectivity index (χ0) is 12.9. The molecule has 0 saturated heterocycles. The van der Waals surface area contributed by atoms with Gasteiger partial charge in [0.15, 0.2) is 5.82 Å². The highest BCUT2D eigenvalue weighted by Gasteiger charge is 2.32. The van der Waals surface area contributed by atoms with Gasteiger partial charge in [0.1, 0.15) is 23.1 Å². The van der Waals surface area contributed by atoms with Gasteiger partial charge in [-0.3, -0.25) is 0 Å². The Bertz CT molecular complexity index is 421. The fraction of sp³-hybridized carbons (Fsp3) is 0.583. The summed E-state index contributed by atoms with van der Waals surface area (Å²) in [5.74, 6) is 0.768. The summed E-state index contributed by atoms with van der Waals surface area (Å²) in [5, 5.41) is 8.79. The first-order valence-corrected chi connectivity index (χ1v) is 5.80. The summed E-state index contributed by atoms with van der Waals surface area (Å²) in [7, 11) is 0. The molecule has 0 aliphatic carbocycles. The van der Waals surface area contributed by atoms with E-state index in [1.165, 1.54) is 6.20 Å². The number of aromatic nitrogens is 2. The molecule has 0 spiro atoms. The average molecular weight is 234 g/mol. The van der Waals surface area contributed by atoms with Crippen molar-refractivity contribution >= 4 is 5.82 Å². The second kappa shape index (κ2) is 5.60. The number of hydrogen-bond donors (Lipinski definition) is 1. The highest BCUT2D eigenvalue weighted by atomic mass is 16.5. The lowest BCUT2D eigenvalue weighted by molar-refractivity contribution is -0.0570. The minimum atomic E-state index is -0.503. The van der Waals surface area contributed by atoms with E-state index in [1.54, 1.807) is 0 Å². The van der Waals surface area contributed by atoms with Crippen LogP contribution in [0, 0.1) is 11.3 Å².